The van der Waals surface area contributed by atoms with Gasteiger partial charge in [-0.2, -0.15) is 5.10 Å². The number of nitrogens with zero attached hydrogens (tertiary/aromatic N) is 4. The summed E-state index contributed by atoms with van der Waals surface area (Å²) in [7, 11) is -3.27. The molecular formula is C18H24N4O2S. The summed E-state index contributed by atoms with van der Waals surface area (Å²) >= 11 is 0. The maximum atomic E-state index is 12.1. The molecule has 2 aromatic rings. The van der Waals surface area contributed by atoms with Crippen LogP contribution in [0.1, 0.15) is 35.7 Å². The van der Waals surface area contributed by atoms with Crippen LogP contribution in [-0.4, -0.2) is 47.4 Å². The number of hydrogen-bond donors (Lipinski definition) is 0. The van der Waals surface area contributed by atoms with Gasteiger partial charge in [-0.05, 0) is 38.4 Å². The number of pyridine rings is 1. The molecule has 7 heteroatoms. The molecule has 1 atom stereocenters. The SMILES string of the molecule is C=Cn1cc(CN2CCCC(c3ncccc3S(C)(=O)=O)C2)c(C)n1. The summed E-state index contributed by atoms with van der Waals surface area (Å²) in [4.78, 5) is 7.12. The van der Waals surface area contributed by atoms with Crippen LogP contribution in [-0.2, 0) is 16.4 Å². The third-order valence-corrected chi connectivity index (χ3v) is 5.83. The lowest BCUT2D eigenvalue weighted by Crippen LogP contribution is -2.34. The van der Waals surface area contributed by atoms with E-state index in [1.807, 2.05) is 13.1 Å². The largest absolute Gasteiger partial charge is 0.298 e. The maximum absolute atomic E-state index is 12.1. The normalized spacial score (nSPS) is 19.0. The summed E-state index contributed by atoms with van der Waals surface area (Å²) in [6, 6.07) is 3.35. The van der Waals surface area contributed by atoms with E-state index >= 15 is 0 Å². The molecule has 1 unspecified atom stereocenters. The Balaban J connectivity index is 1.80. The number of sulfone groups is 1. The summed E-state index contributed by atoms with van der Waals surface area (Å²) in [5.41, 5.74) is 2.87. The Hall–Kier alpha value is -1.99. The van der Waals surface area contributed by atoms with E-state index in [1.165, 1.54) is 11.8 Å². The van der Waals surface area contributed by atoms with Gasteiger partial charge in [0.05, 0.1) is 16.3 Å². The van der Waals surface area contributed by atoms with Crippen molar-refractivity contribution in [1.29, 1.82) is 0 Å². The van der Waals surface area contributed by atoms with Gasteiger partial charge in [0, 0.05) is 49.4 Å². The standard InChI is InChI=1S/C18H24N4O2S/c1-4-22-13-16(14(2)20-22)12-21-10-6-7-15(11-21)18-17(25(3,23)24)8-5-9-19-18/h4-5,8-9,13,15H,1,6-7,10-12H2,2-3H3. The van der Waals surface area contributed by atoms with E-state index in [2.05, 4.69) is 21.6 Å². The molecule has 0 spiro atoms. The second-order valence-electron chi connectivity index (χ2n) is 6.64. The molecule has 0 radical (unpaired) electrons. The zero-order valence-corrected chi connectivity index (χ0v) is 15.5. The quantitative estimate of drug-likeness (QED) is 0.819. The molecule has 134 valence electrons. The van der Waals surface area contributed by atoms with E-state index in [4.69, 9.17) is 0 Å². The molecule has 6 nitrogen and oxygen atoms in total. The first-order valence-corrected chi connectivity index (χ1v) is 10.3. The van der Waals surface area contributed by atoms with Crippen molar-refractivity contribution < 1.29 is 8.42 Å². The van der Waals surface area contributed by atoms with Gasteiger partial charge in [-0.1, -0.05) is 6.58 Å². The van der Waals surface area contributed by atoms with E-state index in [0.29, 0.717) is 10.6 Å². The first-order valence-electron chi connectivity index (χ1n) is 8.43. The van der Waals surface area contributed by atoms with Crippen LogP contribution in [0.2, 0.25) is 0 Å². The van der Waals surface area contributed by atoms with Crippen molar-refractivity contribution in [1.82, 2.24) is 19.7 Å². The minimum absolute atomic E-state index is 0.134. The fraction of sp³-hybridized carbons (Fsp3) is 0.444. The predicted octanol–water partition coefficient (Wildman–Crippen LogP) is 2.47. The summed E-state index contributed by atoms with van der Waals surface area (Å²) in [5, 5.41) is 4.40. The molecular weight excluding hydrogens is 336 g/mol. The van der Waals surface area contributed by atoms with Crippen LogP contribution in [0.5, 0.6) is 0 Å². The van der Waals surface area contributed by atoms with Gasteiger partial charge in [0.1, 0.15) is 0 Å². The highest BCUT2D eigenvalue weighted by Crippen LogP contribution is 2.30. The molecule has 25 heavy (non-hydrogen) atoms. The Labute approximate surface area is 149 Å². The van der Waals surface area contributed by atoms with E-state index in [0.717, 1.165) is 38.2 Å². The van der Waals surface area contributed by atoms with Gasteiger partial charge in [0.25, 0.3) is 0 Å². The van der Waals surface area contributed by atoms with Gasteiger partial charge in [-0.25, -0.2) is 13.1 Å². The molecule has 1 saturated heterocycles. The lowest BCUT2D eigenvalue weighted by Gasteiger charge is -2.32. The van der Waals surface area contributed by atoms with Crippen molar-refractivity contribution in [2.24, 2.45) is 0 Å². The molecule has 3 rings (SSSR count). The predicted molar refractivity (Wildman–Crippen MR) is 97.9 cm³/mol. The van der Waals surface area contributed by atoms with E-state index in [-0.39, 0.29) is 5.92 Å². The maximum Gasteiger partial charge on any atom is 0.177 e. The van der Waals surface area contributed by atoms with Gasteiger partial charge in [-0.3, -0.25) is 9.88 Å². The van der Waals surface area contributed by atoms with Gasteiger partial charge >= 0.3 is 0 Å². The highest BCUT2D eigenvalue weighted by molar-refractivity contribution is 7.90. The fourth-order valence-electron chi connectivity index (χ4n) is 3.45. The van der Waals surface area contributed by atoms with Crippen LogP contribution in [0, 0.1) is 6.92 Å². The molecule has 0 bridgehead atoms. The number of likely N-dealkylation sites (tertiary alicyclic amines) is 1. The third-order valence-electron chi connectivity index (χ3n) is 4.69. The molecule has 1 aliphatic rings. The second-order valence-corrected chi connectivity index (χ2v) is 8.62. The second kappa shape index (κ2) is 7.09. The summed E-state index contributed by atoms with van der Waals surface area (Å²) < 4.78 is 25.9. The fourth-order valence-corrected chi connectivity index (χ4v) is 4.38. The molecule has 0 aliphatic carbocycles. The molecule has 3 heterocycles. The highest BCUT2D eigenvalue weighted by Gasteiger charge is 2.27. The first kappa shape index (κ1) is 17.8. The Morgan fingerprint density at radius 1 is 1.44 bits per heavy atom. The topological polar surface area (TPSA) is 68.1 Å². The van der Waals surface area contributed by atoms with Crippen molar-refractivity contribution in [2.45, 2.75) is 37.1 Å². The Bertz CT molecular complexity index is 873. The first-order chi connectivity index (χ1) is 11.9. The van der Waals surface area contributed by atoms with Crippen LogP contribution in [0.15, 0.2) is 36.0 Å². The van der Waals surface area contributed by atoms with Crippen LogP contribution >= 0.6 is 0 Å². The summed E-state index contributed by atoms with van der Waals surface area (Å²) in [6.07, 6.45) is 8.60. The number of piperidine rings is 1. The van der Waals surface area contributed by atoms with Crippen molar-refractivity contribution in [3.63, 3.8) is 0 Å². The third kappa shape index (κ3) is 3.99. The average Bonchev–Trinajstić information content (AvgIpc) is 2.94. The Kier molecular flexibility index (Phi) is 5.06. The number of aryl methyl sites for hydroxylation is 1. The molecule has 0 saturated carbocycles. The summed E-state index contributed by atoms with van der Waals surface area (Å²) in [6.45, 7) is 8.34. The summed E-state index contributed by atoms with van der Waals surface area (Å²) in [5.74, 6) is 0.134. The van der Waals surface area contributed by atoms with Gasteiger partial charge in [0.15, 0.2) is 9.84 Å². The lowest BCUT2D eigenvalue weighted by molar-refractivity contribution is 0.197. The van der Waals surface area contributed by atoms with Crippen molar-refractivity contribution >= 4 is 16.0 Å². The van der Waals surface area contributed by atoms with Crippen molar-refractivity contribution in [3.8, 4) is 0 Å². The number of hydrogen-bond acceptors (Lipinski definition) is 5. The van der Waals surface area contributed by atoms with Crippen molar-refractivity contribution in [3.05, 3.63) is 48.1 Å². The van der Waals surface area contributed by atoms with Crippen molar-refractivity contribution in [2.75, 3.05) is 19.3 Å². The smallest absolute Gasteiger partial charge is 0.177 e. The number of aromatic nitrogens is 3. The van der Waals surface area contributed by atoms with Gasteiger partial charge < -0.3 is 0 Å². The lowest BCUT2D eigenvalue weighted by atomic mass is 9.94. The molecule has 0 aromatic carbocycles. The van der Waals surface area contributed by atoms with Crippen LogP contribution in [0.3, 0.4) is 0 Å². The zero-order valence-electron chi connectivity index (χ0n) is 14.7. The average molecular weight is 360 g/mol. The van der Waals surface area contributed by atoms with E-state index in [9.17, 15) is 8.42 Å². The van der Waals surface area contributed by atoms with Gasteiger partial charge in [0.2, 0.25) is 0 Å². The zero-order chi connectivity index (χ0) is 18.0. The highest BCUT2D eigenvalue weighted by atomic mass is 32.2. The minimum atomic E-state index is -3.27. The van der Waals surface area contributed by atoms with Crippen LogP contribution in [0.25, 0.3) is 6.20 Å². The van der Waals surface area contributed by atoms with Crippen LogP contribution in [0.4, 0.5) is 0 Å². The van der Waals surface area contributed by atoms with E-state index < -0.39 is 9.84 Å². The molecule has 0 amide bonds. The molecule has 1 aliphatic heterocycles. The monoisotopic (exact) mass is 360 g/mol. The van der Waals surface area contributed by atoms with E-state index in [1.54, 1.807) is 29.2 Å². The van der Waals surface area contributed by atoms with Crippen LogP contribution < -0.4 is 0 Å². The minimum Gasteiger partial charge on any atom is -0.298 e. The number of rotatable bonds is 5. The Morgan fingerprint density at radius 3 is 2.92 bits per heavy atom. The molecule has 1 fully saturated rings. The Morgan fingerprint density at radius 2 is 2.24 bits per heavy atom. The molecule has 2 aromatic heterocycles. The molecule has 0 N–H and O–H groups in total. The van der Waals surface area contributed by atoms with Gasteiger partial charge in [-0.15, -0.1) is 0 Å².